The molecule has 0 aliphatic carbocycles. The summed E-state index contributed by atoms with van der Waals surface area (Å²) in [6.45, 7) is 1.97. The summed E-state index contributed by atoms with van der Waals surface area (Å²) < 4.78 is 0.618. The Morgan fingerprint density at radius 2 is 2.00 bits per heavy atom. The molecule has 2 rings (SSSR count). The first-order valence-electron chi connectivity index (χ1n) is 5.83. The van der Waals surface area contributed by atoms with E-state index in [9.17, 15) is 4.79 Å². The molecule has 3 nitrogen and oxygen atoms in total. The van der Waals surface area contributed by atoms with E-state index < -0.39 is 5.91 Å². The van der Waals surface area contributed by atoms with Crippen molar-refractivity contribution in [1.82, 2.24) is 0 Å². The molecule has 0 spiro atoms. The highest BCUT2D eigenvalue weighted by molar-refractivity contribution is 7.17. The quantitative estimate of drug-likeness (QED) is 0.680. The summed E-state index contributed by atoms with van der Waals surface area (Å²) in [7, 11) is 0. The van der Waals surface area contributed by atoms with E-state index in [0.717, 1.165) is 10.4 Å². The van der Waals surface area contributed by atoms with Crippen molar-refractivity contribution in [2.75, 3.05) is 5.32 Å². The Kier molecular flexibility index (Phi) is 4.57. The Balaban J connectivity index is 2.16. The number of amides is 1. The average Bonchev–Trinajstić information content (AvgIpc) is 2.84. The van der Waals surface area contributed by atoms with Crippen molar-refractivity contribution in [3.05, 3.63) is 56.7 Å². The van der Waals surface area contributed by atoms with Crippen molar-refractivity contribution in [3.63, 3.8) is 0 Å². The molecular formula is C15H11ClN2OS. The number of nitriles is 1. The number of hydrogen-bond donors (Lipinski definition) is 1. The molecule has 0 atom stereocenters. The van der Waals surface area contributed by atoms with Gasteiger partial charge in [-0.25, -0.2) is 0 Å². The SMILES string of the molecule is Cc1ccc(NC(=O)/C(C#N)=C/c2ccc(Cl)s2)cc1. The minimum absolute atomic E-state index is 0.0455. The summed E-state index contributed by atoms with van der Waals surface area (Å²) in [6.07, 6.45) is 1.53. The zero-order valence-corrected chi connectivity index (χ0v) is 12.3. The Bertz CT molecular complexity index is 695. The lowest BCUT2D eigenvalue weighted by Crippen LogP contribution is -2.13. The molecule has 100 valence electrons. The molecule has 20 heavy (non-hydrogen) atoms. The smallest absolute Gasteiger partial charge is 0.266 e. The van der Waals surface area contributed by atoms with Crippen molar-refractivity contribution in [2.45, 2.75) is 6.92 Å². The van der Waals surface area contributed by atoms with E-state index in [1.165, 1.54) is 17.4 Å². The highest BCUT2D eigenvalue weighted by Gasteiger charge is 2.10. The van der Waals surface area contributed by atoms with Crippen LogP contribution in [0.2, 0.25) is 4.34 Å². The fraction of sp³-hybridized carbons (Fsp3) is 0.0667. The number of nitrogens with zero attached hydrogens (tertiary/aromatic N) is 1. The molecule has 1 heterocycles. The molecule has 5 heteroatoms. The van der Waals surface area contributed by atoms with Gasteiger partial charge in [0.05, 0.1) is 4.34 Å². The van der Waals surface area contributed by atoms with E-state index in [4.69, 9.17) is 16.9 Å². The molecule has 0 saturated heterocycles. The Labute approximate surface area is 126 Å². The maximum absolute atomic E-state index is 12.0. The minimum atomic E-state index is -0.430. The lowest BCUT2D eigenvalue weighted by Gasteiger charge is -2.04. The topological polar surface area (TPSA) is 52.9 Å². The Morgan fingerprint density at radius 3 is 2.55 bits per heavy atom. The van der Waals surface area contributed by atoms with Gasteiger partial charge in [-0.3, -0.25) is 4.79 Å². The predicted octanol–water partition coefficient (Wildman–Crippen LogP) is 4.26. The second-order valence-corrected chi connectivity index (χ2v) is 5.88. The number of thiophene rings is 1. The largest absolute Gasteiger partial charge is 0.321 e. The van der Waals surface area contributed by atoms with E-state index in [-0.39, 0.29) is 5.57 Å². The van der Waals surface area contributed by atoms with Crippen molar-refractivity contribution >= 4 is 40.6 Å². The third-order valence-corrected chi connectivity index (χ3v) is 3.73. The second kappa shape index (κ2) is 6.38. The lowest BCUT2D eigenvalue weighted by atomic mass is 10.2. The summed E-state index contributed by atoms with van der Waals surface area (Å²) in [4.78, 5) is 12.8. The number of benzene rings is 1. The second-order valence-electron chi connectivity index (χ2n) is 4.13. The molecule has 0 unspecified atom stereocenters. The van der Waals surface area contributed by atoms with Gasteiger partial charge in [-0.05, 0) is 37.3 Å². The summed E-state index contributed by atoms with van der Waals surface area (Å²) in [6, 6.07) is 12.8. The van der Waals surface area contributed by atoms with Crippen LogP contribution >= 0.6 is 22.9 Å². The summed E-state index contributed by atoms with van der Waals surface area (Å²) >= 11 is 7.13. The van der Waals surface area contributed by atoms with Gasteiger partial charge in [0.15, 0.2) is 0 Å². The fourth-order valence-corrected chi connectivity index (χ4v) is 2.54. The molecule has 1 N–H and O–H groups in total. The third kappa shape index (κ3) is 3.70. The molecule has 0 fully saturated rings. The summed E-state index contributed by atoms with van der Waals surface area (Å²) in [5.41, 5.74) is 1.81. The first-order chi connectivity index (χ1) is 9.58. The number of aryl methyl sites for hydroxylation is 1. The van der Waals surface area contributed by atoms with Crippen LogP contribution in [-0.2, 0) is 4.79 Å². The van der Waals surface area contributed by atoms with Crippen molar-refractivity contribution < 1.29 is 4.79 Å². The number of halogens is 1. The average molecular weight is 303 g/mol. The third-order valence-electron chi connectivity index (χ3n) is 2.56. The summed E-state index contributed by atoms with van der Waals surface area (Å²) in [5.74, 6) is -0.430. The van der Waals surface area contributed by atoms with Crippen LogP contribution in [0.1, 0.15) is 10.4 Å². The Hall–Kier alpha value is -2.09. The number of hydrogen-bond acceptors (Lipinski definition) is 3. The van der Waals surface area contributed by atoms with Crippen LogP contribution in [0, 0.1) is 18.3 Å². The van der Waals surface area contributed by atoms with E-state index >= 15 is 0 Å². The van der Waals surface area contributed by atoms with Crippen LogP contribution < -0.4 is 5.32 Å². The molecule has 1 aromatic heterocycles. The molecule has 2 aromatic rings. The van der Waals surface area contributed by atoms with Gasteiger partial charge in [-0.15, -0.1) is 11.3 Å². The maximum atomic E-state index is 12.0. The maximum Gasteiger partial charge on any atom is 0.266 e. The van der Waals surface area contributed by atoms with E-state index in [2.05, 4.69) is 5.32 Å². The van der Waals surface area contributed by atoms with Crippen LogP contribution in [0.3, 0.4) is 0 Å². The molecule has 0 aliphatic rings. The molecular weight excluding hydrogens is 292 g/mol. The van der Waals surface area contributed by atoms with Crippen LogP contribution in [0.4, 0.5) is 5.69 Å². The number of nitrogens with one attached hydrogen (secondary N) is 1. The first kappa shape index (κ1) is 14.3. The molecule has 0 radical (unpaired) electrons. The van der Waals surface area contributed by atoms with Gasteiger partial charge >= 0.3 is 0 Å². The van der Waals surface area contributed by atoms with Gasteiger partial charge in [0.2, 0.25) is 0 Å². The molecule has 1 amide bonds. The van der Waals surface area contributed by atoms with Crippen molar-refractivity contribution in [2.24, 2.45) is 0 Å². The van der Waals surface area contributed by atoms with Gasteiger partial charge in [0, 0.05) is 10.6 Å². The van der Waals surface area contributed by atoms with Crippen molar-refractivity contribution in [3.8, 4) is 6.07 Å². The van der Waals surface area contributed by atoms with Crippen LogP contribution in [0.25, 0.3) is 6.08 Å². The van der Waals surface area contributed by atoms with E-state index in [0.29, 0.717) is 10.0 Å². The Morgan fingerprint density at radius 1 is 1.30 bits per heavy atom. The highest BCUT2D eigenvalue weighted by atomic mass is 35.5. The lowest BCUT2D eigenvalue weighted by molar-refractivity contribution is -0.112. The van der Waals surface area contributed by atoms with Crippen LogP contribution in [0.15, 0.2) is 42.0 Å². The number of anilines is 1. The molecule has 0 bridgehead atoms. The predicted molar refractivity (Wildman–Crippen MR) is 82.7 cm³/mol. The number of carbonyl (C=O) groups is 1. The van der Waals surface area contributed by atoms with E-state index in [1.54, 1.807) is 24.3 Å². The van der Waals surface area contributed by atoms with Gasteiger partial charge < -0.3 is 5.32 Å². The van der Waals surface area contributed by atoms with E-state index in [1.807, 2.05) is 25.1 Å². The normalized spacial score (nSPS) is 10.9. The molecule has 1 aromatic carbocycles. The highest BCUT2D eigenvalue weighted by Crippen LogP contribution is 2.23. The number of rotatable bonds is 3. The summed E-state index contributed by atoms with van der Waals surface area (Å²) in [5, 5.41) is 11.8. The zero-order valence-electron chi connectivity index (χ0n) is 10.7. The van der Waals surface area contributed by atoms with Gasteiger partial charge in [-0.2, -0.15) is 5.26 Å². The van der Waals surface area contributed by atoms with Crippen molar-refractivity contribution in [1.29, 1.82) is 5.26 Å². The monoisotopic (exact) mass is 302 g/mol. The number of carbonyl (C=O) groups excluding carboxylic acids is 1. The molecule has 0 aliphatic heterocycles. The zero-order chi connectivity index (χ0) is 14.5. The van der Waals surface area contributed by atoms with Gasteiger partial charge in [-0.1, -0.05) is 29.3 Å². The van der Waals surface area contributed by atoms with Gasteiger partial charge in [0.1, 0.15) is 11.6 Å². The van der Waals surface area contributed by atoms with Crippen LogP contribution in [0.5, 0.6) is 0 Å². The molecule has 0 saturated carbocycles. The fourth-order valence-electron chi connectivity index (χ4n) is 1.53. The van der Waals surface area contributed by atoms with Gasteiger partial charge in [0.25, 0.3) is 5.91 Å². The first-order valence-corrected chi connectivity index (χ1v) is 7.03. The minimum Gasteiger partial charge on any atom is -0.321 e. The van der Waals surface area contributed by atoms with Crippen LogP contribution in [-0.4, -0.2) is 5.91 Å². The standard InChI is InChI=1S/C15H11ClN2OS/c1-10-2-4-12(5-3-10)18-15(19)11(9-17)8-13-6-7-14(16)20-13/h2-8H,1H3,(H,18,19)/b11-8+.